The van der Waals surface area contributed by atoms with Gasteiger partial charge in [-0.05, 0) is 36.6 Å². The molecule has 0 saturated carbocycles. The van der Waals surface area contributed by atoms with Crippen LogP contribution in [0.2, 0.25) is 0 Å². The number of thioether (sulfide) groups is 1. The maximum absolute atomic E-state index is 12.1. The number of rotatable bonds is 4. The smallest absolute Gasteiger partial charge is 0.324 e. The van der Waals surface area contributed by atoms with Crippen LogP contribution < -0.4 is 11.0 Å². The lowest BCUT2D eigenvalue weighted by Crippen LogP contribution is -2.28. The monoisotopic (exact) mass is 314 g/mol. The Morgan fingerprint density at radius 3 is 2.91 bits per heavy atom. The largest absolute Gasteiger partial charge is 0.350 e. The molecule has 0 atom stereocenters. The second-order valence-corrected chi connectivity index (χ2v) is 5.53. The molecule has 112 valence electrons. The number of amides is 1. The summed E-state index contributed by atoms with van der Waals surface area (Å²) in [5.74, 6) is -0.288. The molecule has 22 heavy (non-hydrogen) atoms. The Hall–Kier alpha value is -2.54. The van der Waals surface area contributed by atoms with Crippen LogP contribution in [0.4, 0.5) is 5.69 Å². The Labute approximate surface area is 130 Å². The molecule has 0 fully saturated rings. The summed E-state index contributed by atoms with van der Waals surface area (Å²) < 4.78 is 2.56. The fourth-order valence-corrected chi connectivity index (χ4v) is 2.57. The van der Waals surface area contributed by atoms with Crippen LogP contribution >= 0.6 is 11.8 Å². The van der Waals surface area contributed by atoms with E-state index in [4.69, 9.17) is 0 Å². The summed E-state index contributed by atoms with van der Waals surface area (Å²) >= 11 is 1.60. The maximum atomic E-state index is 12.1. The number of fused-ring (bicyclic) bond motifs is 1. The number of aromatic nitrogens is 3. The first-order valence-corrected chi connectivity index (χ1v) is 7.88. The normalized spacial score (nSPS) is 10.8. The number of pyridine rings is 1. The predicted molar refractivity (Wildman–Crippen MR) is 86.3 cm³/mol. The lowest BCUT2D eigenvalue weighted by atomic mass is 10.3. The van der Waals surface area contributed by atoms with Crippen LogP contribution in [0.5, 0.6) is 0 Å². The highest BCUT2D eigenvalue weighted by atomic mass is 32.2. The van der Waals surface area contributed by atoms with Crippen molar-refractivity contribution >= 4 is 29.0 Å². The molecule has 2 heterocycles. The molecule has 0 unspecified atom stereocenters. The van der Waals surface area contributed by atoms with Crippen LogP contribution in [0.3, 0.4) is 0 Å². The van der Waals surface area contributed by atoms with E-state index in [1.165, 1.54) is 4.40 Å². The zero-order valence-electron chi connectivity index (χ0n) is 11.9. The van der Waals surface area contributed by atoms with Gasteiger partial charge in [-0.15, -0.1) is 16.9 Å². The summed E-state index contributed by atoms with van der Waals surface area (Å²) in [7, 11) is 0. The van der Waals surface area contributed by atoms with E-state index in [9.17, 15) is 9.59 Å². The average Bonchev–Trinajstić information content (AvgIpc) is 2.84. The molecule has 0 radical (unpaired) electrons. The van der Waals surface area contributed by atoms with Gasteiger partial charge < -0.3 is 5.32 Å². The Morgan fingerprint density at radius 2 is 2.14 bits per heavy atom. The van der Waals surface area contributed by atoms with Gasteiger partial charge in [-0.1, -0.05) is 12.1 Å². The summed E-state index contributed by atoms with van der Waals surface area (Å²) in [6, 6.07) is 12.8. The zero-order valence-corrected chi connectivity index (χ0v) is 12.7. The second-order valence-electron chi connectivity index (χ2n) is 4.65. The summed E-state index contributed by atoms with van der Waals surface area (Å²) in [4.78, 5) is 25.2. The quantitative estimate of drug-likeness (QED) is 0.746. The first-order chi connectivity index (χ1) is 10.7. The van der Waals surface area contributed by atoms with Crippen molar-refractivity contribution < 1.29 is 4.79 Å². The van der Waals surface area contributed by atoms with E-state index in [0.717, 1.165) is 9.58 Å². The van der Waals surface area contributed by atoms with Gasteiger partial charge in [0.15, 0.2) is 5.65 Å². The molecule has 0 aliphatic rings. The molecule has 2 aromatic heterocycles. The molecule has 3 rings (SSSR count). The van der Waals surface area contributed by atoms with Crippen molar-refractivity contribution in [2.24, 2.45) is 0 Å². The highest BCUT2D eigenvalue weighted by Gasteiger charge is 2.10. The van der Waals surface area contributed by atoms with Crippen LogP contribution in [0.15, 0.2) is 58.4 Å². The van der Waals surface area contributed by atoms with Gasteiger partial charge in [0.1, 0.15) is 6.54 Å². The minimum absolute atomic E-state index is 0.121. The third-order valence-corrected chi connectivity index (χ3v) is 3.86. The molecule has 1 amide bonds. The van der Waals surface area contributed by atoms with Gasteiger partial charge in [-0.2, -0.15) is 0 Å². The van der Waals surface area contributed by atoms with Crippen molar-refractivity contribution in [1.29, 1.82) is 0 Å². The number of nitrogens with zero attached hydrogens (tertiary/aromatic N) is 3. The number of carbonyl (C=O) groups excluding carboxylic acids is 1. The van der Waals surface area contributed by atoms with E-state index < -0.39 is 0 Å². The van der Waals surface area contributed by atoms with Crippen LogP contribution in [0.1, 0.15) is 0 Å². The van der Waals surface area contributed by atoms with Crippen molar-refractivity contribution in [3.8, 4) is 0 Å². The zero-order chi connectivity index (χ0) is 15.5. The van der Waals surface area contributed by atoms with Gasteiger partial charge in [0.05, 0.1) is 0 Å². The highest BCUT2D eigenvalue weighted by Crippen LogP contribution is 2.18. The molecular weight excluding hydrogens is 300 g/mol. The fourth-order valence-electron chi connectivity index (χ4n) is 2.11. The van der Waals surface area contributed by atoms with Crippen molar-refractivity contribution in [3.63, 3.8) is 0 Å². The number of hydrogen-bond donors (Lipinski definition) is 1. The Kier molecular flexibility index (Phi) is 3.97. The second kappa shape index (κ2) is 6.07. The Morgan fingerprint density at radius 1 is 1.27 bits per heavy atom. The number of hydrogen-bond acceptors (Lipinski definition) is 4. The molecule has 1 aromatic carbocycles. The number of nitrogens with one attached hydrogen (secondary N) is 1. The SMILES string of the molecule is CSc1cccc(NC(=O)Cn2nc3ccccn3c2=O)c1. The van der Waals surface area contributed by atoms with Gasteiger partial charge in [-0.3, -0.25) is 9.20 Å². The van der Waals surface area contributed by atoms with Crippen molar-refractivity contribution in [2.45, 2.75) is 11.4 Å². The first kappa shape index (κ1) is 14.4. The molecule has 0 bridgehead atoms. The Bertz CT molecular complexity index is 884. The lowest BCUT2D eigenvalue weighted by Gasteiger charge is -2.05. The van der Waals surface area contributed by atoms with Crippen LogP contribution in [0.25, 0.3) is 5.65 Å². The van der Waals surface area contributed by atoms with Gasteiger partial charge in [0.2, 0.25) is 5.91 Å². The van der Waals surface area contributed by atoms with Crippen molar-refractivity contribution in [1.82, 2.24) is 14.2 Å². The third kappa shape index (κ3) is 2.89. The van der Waals surface area contributed by atoms with E-state index in [2.05, 4.69) is 10.4 Å². The molecule has 6 nitrogen and oxygen atoms in total. The molecular formula is C15H14N4O2S. The first-order valence-electron chi connectivity index (χ1n) is 6.65. The Balaban J connectivity index is 1.78. The maximum Gasteiger partial charge on any atom is 0.350 e. The standard InChI is InChI=1S/C15H14N4O2S/c1-22-12-6-4-5-11(9-12)16-14(20)10-19-15(21)18-8-3-2-7-13(18)17-19/h2-9H,10H2,1H3,(H,16,20). The highest BCUT2D eigenvalue weighted by molar-refractivity contribution is 7.98. The van der Waals surface area contributed by atoms with Crippen LogP contribution in [-0.2, 0) is 11.3 Å². The summed E-state index contributed by atoms with van der Waals surface area (Å²) in [6.07, 6.45) is 3.60. The van der Waals surface area contributed by atoms with E-state index in [1.807, 2.05) is 30.5 Å². The van der Waals surface area contributed by atoms with Gasteiger partial charge in [0, 0.05) is 16.8 Å². The number of carbonyl (C=O) groups is 1. The van der Waals surface area contributed by atoms with E-state index >= 15 is 0 Å². The number of anilines is 1. The fraction of sp³-hybridized carbons (Fsp3) is 0.133. The van der Waals surface area contributed by atoms with E-state index in [-0.39, 0.29) is 18.1 Å². The van der Waals surface area contributed by atoms with E-state index in [1.54, 1.807) is 36.2 Å². The summed E-state index contributed by atoms with van der Waals surface area (Å²) in [6.45, 7) is -0.121. The van der Waals surface area contributed by atoms with Crippen molar-refractivity contribution in [2.75, 3.05) is 11.6 Å². The molecule has 0 saturated heterocycles. The van der Waals surface area contributed by atoms with Gasteiger partial charge >= 0.3 is 5.69 Å². The molecule has 1 N–H and O–H groups in total. The predicted octanol–water partition coefficient (Wildman–Crippen LogP) is 1.86. The molecule has 0 spiro atoms. The summed E-state index contributed by atoms with van der Waals surface area (Å²) in [5, 5.41) is 6.91. The minimum atomic E-state index is -0.330. The molecule has 3 aromatic rings. The lowest BCUT2D eigenvalue weighted by molar-refractivity contribution is -0.117. The number of benzene rings is 1. The van der Waals surface area contributed by atoms with E-state index in [0.29, 0.717) is 11.3 Å². The average molecular weight is 314 g/mol. The summed E-state index contributed by atoms with van der Waals surface area (Å²) in [5.41, 5.74) is 0.891. The minimum Gasteiger partial charge on any atom is -0.324 e. The van der Waals surface area contributed by atoms with Gasteiger partial charge in [-0.25, -0.2) is 9.48 Å². The van der Waals surface area contributed by atoms with Gasteiger partial charge in [0.25, 0.3) is 0 Å². The van der Waals surface area contributed by atoms with Crippen molar-refractivity contribution in [3.05, 3.63) is 59.1 Å². The topological polar surface area (TPSA) is 68.4 Å². The molecule has 0 aliphatic heterocycles. The van der Waals surface area contributed by atoms with Crippen LogP contribution in [-0.4, -0.2) is 26.3 Å². The molecule has 0 aliphatic carbocycles. The molecule has 7 heteroatoms. The third-order valence-electron chi connectivity index (χ3n) is 3.14. The van der Waals surface area contributed by atoms with Crippen LogP contribution in [0, 0.1) is 0 Å².